The van der Waals surface area contributed by atoms with Crippen LogP contribution in [0.25, 0.3) is 15.9 Å². The minimum absolute atomic E-state index is 0.152. The van der Waals surface area contributed by atoms with Gasteiger partial charge in [0, 0.05) is 18.5 Å². The minimum atomic E-state index is -0.814. The maximum Gasteiger partial charge on any atom is 0.349 e. The Morgan fingerprint density at radius 3 is 2.57 bits per heavy atom. The largest absolute Gasteiger partial charge is 0.448 e. The van der Waals surface area contributed by atoms with Gasteiger partial charge in [-0.2, -0.15) is 5.10 Å². The lowest BCUT2D eigenvalue weighted by molar-refractivity contribution is -0.138. The molecule has 2 aromatic heterocycles. The number of amides is 1. The molecule has 3 aromatic rings. The molecule has 3 heterocycles. The number of thiophene rings is 1. The number of aromatic nitrogens is 2. The summed E-state index contributed by atoms with van der Waals surface area (Å²) in [5.41, 5.74) is 1.47. The number of carbonyl (C=O) groups excluding carboxylic acids is 2. The fourth-order valence-electron chi connectivity index (χ4n) is 3.37. The van der Waals surface area contributed by atoms with E-state index in [0.717, 1.165) is 41.8 Å². The highest BCUT2D eigenvalue weighted by atomic mass is 32.1. The van der Waals surface area contributed by atoms with E-state index >= 15 is 0 Å². The molecule has 1 atom stereocenters. The van der Waals surface area contributed by atoms with Crippen molar-refractivity contribution in [2.75, 3.05) is 13.1 Å². The van der Waals surface area contributed by atoms with E-state index in [1.807, 2.05) is 6.92 Å². The highest BCUT2D eigenvalue weighted by molar-refractivity contribution is 7.20. The van der Waals surface area contributed by atoms with E-state index in [-0.39, 0.29) is 11.7 Å². The normalized spacial score (nSPS) is 15.2. The van der Waals surface area contributed by atoms with Crippen LogP contribution in [0.1, 0.15) is 35.1 Å². The molecule has 1 aromatic carbocycles. The van der Waals surface area contributed by atoms with Crippen molar-refractivity contribution in [3.63, 3.8) is 0 Å². The number of ether oxygens (including phenoxy) is 1. The zero-order valence-corrected chi connectivity index (χ0v) is 16.5. The van der Waals surface area contributed by atoms with Crippen LogP contribution in [0.4, 0.5) is 4.39 Å². The van der Waals surface area contributed by atoms with Crippen LogP contribution in [-0.2, 0) is 9.53 Å². The average molecular weight is 401 g/mol. The summed E-state index contributed by atoms with van der Waals surface area (Å²) in [7, 11) is 0. The number of halogens is 1. The fraction of sp³-hybridized carbons (Fsp3) is 0.350. The summed E-state index contributed by atoms with van der Waals surface area (Å²) in [6.07, 6.45) is 1.16. The van der Waals surface area contributed by atoms with E-state index in [4.69, 9.17) is 4.74 Å². The van der Waals surface area contributed by atoms with Gasteiger partial charge in [0.05, 0.1) is 11.4 Å². The highest BCUT2D eigenvalue weighted by Crippen LogP contribution is 2.31. The Kier molecular flexibility index (Phi) is 4.89. The zero-order chi connectivity index (χ0) is 19.8. The first kappa shape index (κ1) is 18.6. The quantitative estimate of drug-likeness (QED) is 0.626. The zero-order valence-electron chi connectivity index (χ0n) is 15.6. The number of aryl methyl sites for hydroxylation is 1. The first-order valence-electron chi connectivity index (χ1n) is 9.19. The van der Waals surface area contributed by atoms with E-state index in [0.29, 0.717) is 10.6 Å². The maximum atomic E-state index is 13.2. The van der Waals surface area contributed by atoms with Gasteiger partial charge in [0.2, 0.25) is 0 Å². The third kappa shape index (κ3) is 3.40. The second-order valence-electron chi connectivity index (χ2n) is 6.88. The second kappa shape index (κ2) is 7.35. The van der Waals surface area contributed by atoms with Crippen molar-refractivity contribution in [2.24, 2.45) is 0 Å². The molecule has 0 radical (unpaired) electrons. The lowest BCUT2D eigenvalue weighted by Gasteiger charge is -2.20. The SMILES string of the molecule is Cc1nn(-c2ccc(F)cc2)c2sc(C(=O)OC(C)C(=O)N3CCCC3)cc12. The predicted octanol–water partition coefficient (Wildman–Crippen LogP) is 3.70. The second-order valence-corrected chi connectivity index (χ2v) is 7.91. The molecule has 0 saturated carbocycles. The van der Waals surface area contributed by atoms with Crippen LogP contribution in [0.2, 0.25) is 0 Å². The molecule has 4 rings (SSSR count). The van der Waals surface area contributed by atoms with E-state index < -0.39 is 12.1 Å². The Morgan fingerprint density at radius 1 is 1.21 bits per heavy atom. The number of nitrogens with zero attached hydrogens (tertiary/aromatic N) is 3. The monoisotopic (exact) mass is 401 g/mol. The first-order valence-corrected chi connectivity index (χ1v) is 10.0. The molecule has 6 nitrogen and oxygen atoms in total. The molecule has 28 heavy (non-hydrogen) atoms. The maximum absolute atomic E-state index is 13.2. The summed E-state index contributed by atoms with van der Waals surface area (Å²) in [6.45, 7) is 4.90. The number of benzene rings is 1. The number of esters is 1. The lowest BCUT2D eigenvalue weighted by Crippen LogP contribution is -2.38. The van der Waals surface area contributed by atoms with Crippen LogP contribution in [0.15, 0.2) is 30.3 Å². The number of fused-ring (bicyclic) bond motifs is 1. The van der Waals surface area contributed by atoms with Crippen molar-refractivity contribution in [3.8, 4) is 5.69 Å². The molecule has 1 aliphatic rings. The first-order chi connectivity index (χ1) is 13.4. The van der Waals surface area contributed by atoms with Gasteiger partial charge >= 0.3 is 5.97 Å². The van der Waals surface area contributed by atoms with Crippen molar-refractivity contribution in [2.45, 2.75) is 32.8 Å². The van der Waals surface area contributed by atoms with Gasteiger partial charge in [-0.3, -0.25) is 4.79 Å². The fourth-order valence-corrected chi connectivity index (χ4v) is 4.43. The summed E-state index contributed by atoms with van der Waals surface area (Å²) in [5, 5.41) is 5.32. The molecule has 1 aliphatic heterocycles. The number of rotatable bonds is 4. The van der Waals surface area contributed by atoms with Gasteiger partial charge < -0.3 is 9.64 Å². The average Bonchev–Trinajstić information content (AvgIpc) is 3.40. The Labute approximate surface area is 165 Å². The van der Waals surface area contributed by atoms with E-state index in [2.05, 4.69) is 5.10 Å². The van der Waals surface area contributed by atoms with Gasteiger partial charge in [-0.25, -0.2) is 13.9 Å². The summed E-state index contributed by atoms with van der Waals surface area (Å²) >= 11 is 1.25. The van der Waals surface area contributed by atoms with E-state index in [1.54, 1.807) is 34.7 Å². The molecule has 1 fully saturated rings. The number of hydrogen-bond acceptors (Lipinski definition) is 5. The summed E-state index contributed by atoms with van der Waals surface area (Å²) in [4.78, 5) is 27.9. The van der Waals surface area contributed by atoms with Crippen LogP contribution in [0.5, 0.6) is 0 Å². The van der Waals surface area contributed by atoms with Crippen LogP contribution >= 0.6 is 11.3 Å². The third-order valence-corrected chi connectivity index (χ3v) is 5.96. The Balaban J connectivity index is 1.57. The van der Waals surface area contributed by atoms with Crippen LogP contribution in [0.3, 0.4) is 0 Å². The van der Waals surface area contributed by atoms with Gasteiger partial charge in [-0.05, 0) is 57.0 Å². The molecule has 0 N–H and O–H groups in total. The van der Waals surface area contributed by atoms with Gasteiger partial charge in [-0.15, -0.1) is 11.3 Å². The molecule has 8 heteroatoms. The van der Waals surface area contributed by atoms with Gasteiger partial charge in [0.15, 0.2) is 6.10 Å². The van der Waals surface area contributed by atoms with E-state index in [9.17, 15) is 14.0 Å². The van der Waals surface area contributed by atoms with Gasteiger partial charge in [0.25, 0.3) is 5.91 Å². The Hall–Kier alpha value is -2.74. The Bertz CT molecular complexity index is 1040. The Morgan fingerprint density at radius 2 is 1.89 bits per heavy atom. The number of carbonyl (C=O) groups is 2. The molecule has 0 bridgehead atoms. The summed E-state index contributed by atoms with van der Waals surface area (Å²) < 4.78 is 20.3. The minimum Gasteiger partial charge on any atom is -0.448 e. The van der Waals surface area contributed by atoms with Crippen molar-refractivity contribution in [3.05, 3.63) is 46.7 Å². The van der Waals surface area contributed by atoms with Gasteiger partial charge in [0.1, 0.15) is 15.5 Å². The lowest BCUT2D eigenvalue weighted by atomic mass is 10.3. The van der Waals surface area contributed by atoms with Crippen molar-refractivity contribution < 1.29 is 18.7 Å². The molecule has 146 valence electrons. The predicted molar refractivity (Wildman–Crippen MR) is 104 cm³/mol. The number of likely N-dealkylation sites (tertiary alicyclic amines) is 1. The van der Waals surface area contributed by atoms with Crippen molar-refractivity contribution in [1.82, 2.24) is 14.7 Å². The molecular weight excluding hydrogens is 381 g/mol. The molecule has 0 aliphatic carbocycles. The van der Waals surface area contributed by atoms with Gasteiger partial charge in [-0.1, -0.05) is 0 Å². The molecule has 1 saturated heterocycles. The van der Waals surface area contributed by atoms with Crippen molar-refractivity contribution in [1.29, 1.82) is 0 Å². The summed E-state index contributed by atoms with van der Waals surface area (Å²) in [6, 6.07) is 7.74. The van der Waals surface area contributed by atoms with E-state index in [1.165, 1.54) is 23.5 Å². The summed E-state index contributed by atoms with van der Waals surface area (Å²) in [5.74, 6) is -0.997. The standard InChI is InChI=1S/C20H20FN3O3S/c1-12-16-11-17(20(26)27-13(2)18(25)23-9-3-4-10-23)28-19(16)24(22-12)15-7-5-14(21)6-8-15/h5-8,11,13H,3-4,9-10H2,1-2H3. The topological polar surface area (TPSA) is 64.4 Å². The molecular formula is C20H20FN3O3S. The number of hydrogen-bond donors (Lipinski definition) is 0. The van der Waals surface area contributed by atoms with Crippen LogP contribution in [0, 0.1) is 12.7 Å². The third-order valence-electron chi connectivity index (χ3n) is 4.87. The molecule has 1 unspecified atom stereocenters. The smallest absolute Gasteiger partial charge is 0.349 e. The molecule has 0 spiro atoms. The van der Waals surface area contributed by atoms with Crippen molar-refractivity contribution >= 4 is 33.4 Å². The van der Waals surface area contributed by atoms with Crippen LogP contribution < -0.4 is 0 Å². The molecule has 1 amide bonds. The highest BCUT2D eigenvalue weighted by Gasteiger charge is 2.27. The van der Waals surface area contributed by atoms with Crippen LogP contribution in [-0.4, -0.2) is 45.8 Å².